The van der Waals surface area contributed by atoms with Crippen LogP contribution >= 0.6 is 11.3 Å². The summed E-state index contributed by atoms with van der Waals surface area (Å²) in [6, 6.07) is 2.60. The molecule has 1 N–H and O–H groups in total. The Hall–Kier alpha value is -1.53. The standard InChI is InChI=1S/C15H18F2N2OS/c1-3-4-18-7-11-5-12(16)15(13(17)6-11)20-8-14-19-10(2)9-21-14/h5-6,9,18H,3-4,7-8H2,1-2H3. The van der Waals surface area contributed by atoms with E-state index in [-0.39, 0.29) is 12.4 Å². The van der Waals surface area contributed by atoms with Crippen LogP contribution in [-0.2, 0) is 13.2 Å². The van der Waals surface area contributed by atoms with Gasteiger partial charge in [0.25, 0.3) is 0 Å². The molecule has 0 amide bonds. The van der Waals surface area contributed by atoms with E-state index in [0.717, 1.165) is 18.7 Å². The van der Waals surface area contributed by atoms with E-state index in [1.165, 1.54) is 23.5 Å². The Morgan fingerprint density at radius 3 is 2.57 bits per heavy atom. The van der Waals surface area contributed by atoms with Crippen LogP contribution in [0.2, 0.25) is 0 Å². The molecule has 0 fully saturated rings. The van der Waals surface area contributed by atoms with Crippen LogP contribution in [0.15, 0.2) is 17.5 Å². The van der Waals surface area contributed by atoms with Crippen molar-refractivity contribution in [1.29, 1.82) is 0 Å². The minimum atomic E-state index is -0.684. The van der Waals surface area contributed by atoms with Crippen molar-refractivity contribution in [2.45, 2.75) is 33.4 Å². The van der Waals surface area contributed by atoms with Gasteiger partial charge in [0.2, 0.25) is 0 Å². The van der Waals surface area contributed by atoms with Crippen molar-refractivity contribution >= 4 is 11.3 Å². The van der Waals surface area contributed by atoms with Crippen molar-refractivity contribution < 1.29 is 13.5 Å². The predicted octanol–water partition coefficient (Wildman–Crippen LogP) is 3.81. The van der Waals surface area contributed by atoms with E-state index in [9.17, 15) is 8.78 Å². The molecule has 2 aromatic rings. The zero-order valence-corrected chi connectivity index (χ0v) is 12.9. The first-order valence-corrected chi connectivity index (χ1v) is 7.70. The first-order chi connectivity index (χ1) is 10.1. The Kier molecular flexibility index (Phi) is 5.64. The van der Waals surface area contributed by atoms with Gasteiger partial charge in [0.1, 0.15) is 11.6 Å². The molecule has 1 aromatic carbocycles. The fraction of sp³-hybridized carbons (Fsp3) is 0.400. The minimum Gasteiger partial charge on any atom is -0.480 e. The predicted molar refractivity (Wildman–Crippen MR) is 79.5 cm³/mol. The SMILES string of the molecule is CCCNCc1cc(F)c(OCc2nc(C)cs2)c(F)c1. The van der Waals surface area contributed by atoms with E-state index >= 15 is 0 Å². The largest absolute Gasteiger partial charge is 0.480 e. The number of aromatic nitrogens is 1. The first kappa shape index (κ1) is 15.9. The van der Waals surface area contributed by atoms with Crippen molar-refractivity contribution in [3.63, 3.8) is 0 Å². The van der Waals surface area contributed by atoms with Gasteiger partial charge in [0.15, 0.2) is 17.4 Å². The molecule has 2 rings (SSSR count). The van der Waals surface area contributed by atoms with Crippen LogP contribution in [-0.4, -0.2) is 11.5 Å². The number of aryl methyl sites for hydroxylation is 1. The van der Waals surface area contributed by atoms with Gasteiger partial charge in [-0.1, -0.05) is 6.92 Å². The summed E-state index contributed by atoms with van der Waals surface area (Å²) in [5, 5.41) is 5.67. The molecule has 1 aromatic heterocycles. The number of halogens is 2. The van der Waals surface area contributed by atoms with Gasteiger partial charge in [-0.25, -0.2) is 13.8 Å². The molecule has 0 radical (unpaired) electrons. The number of thiazole rings is 1. The van der Waals surface area contributed by atoms with Gasteiger partial charge in [-0.05, 0) is 37.6 Å². The number of benzene rings is 1. The van der Waals surface area contributed by atoms with Crippen molar-refractivity contribution in [3.8, 4) is 5.75 Å². The second-order valence-electron chi connectivity index (χ2n) is 4.74. The van der Waals surface area contributed by atoms with Crippen molar-refractivity contribution in [3.05, 3.63) is 45.4 Å². The van der Waals surface area contributed by atoms with Crippen LogP contribution in [0.1, 0.15) is 29.6 Å². The first-order valence-electron chi connectivity index (χ1n) is 6.82. The van der Waals surface area contributed by atoms with Gasteiger partial charge >= 0.3 is 0 Å². The van der Waals surface area contributed by atoms with Crippen LogP contribution in [0, 0.1) is 18.6 Å². The lowest BCUT2D eigenvalue weighted by Gasteiger charge is -2.09. The van der Waals surface area contributed by atoms with Crippen LogP contribution in [0.3, 0.4) is 0 Å². The Bertz CT molecular complexity index is 578. The number of hydrogen-bond acceptors (Lipinski definition) is 4. The lowest BCUT2D eigenvalue weighted by atomic mass is 10.2. The van der Waals surface area contributed by atoms with Gasteiger partial charge in [-0.15, -0.1) is 11.3 Å². The Morgan fingerprint density at radius 1 is 1.29 bits per heavy atom. The van der Waals surface area contributed by atoms with Crippen molar-refractivity contribution in [2.75, 3.05) is 6.54 Å². The second kappa shape index (κ2) is 7.47. The molecule has 1 heterocycles. The van der Waals surface area contributed by atoms with E-state index in [2.05, 4.69) is 10.3 Å². The van der Waals surface area contributed by atoms with Gasteiger partial charge < -0.3 is 10.1 Å². The smallest absolute Gasteiger partial charge is 0.191 e. The molecule has 0 bridgehead atoms. The molecule has 0 atom stereocenters. The Labute approximate surface area is 127 Å². The van der Waals surface area contributed by atoms with E-state index in [1.54, 1.807) is 0 Å². The molecule has 0 aliphatic heterocycles. The second-order valence-corrected chi connectivity index (χ2v) is 5.68. The monoisotopic (exact) mass is 312 g/mol. The normalized spacial score (nSPS) is 10.9. The van der Waals surface area contributed by atoms with Crippen LogP contribution in [0.4, 0.5) is 8.78 Å². The summed E-state index contributed by atoms with van der Waals surface area (Å²) < 4.78 is 33.1. The molecule has 0 aliphatic carbocycles. The number of rotatable bonds is 7. The Balaban J connectivity index is 2.02. The third kappa shape index (κ3) is 4.47. The van der Waals surface area contributed by atoms with Crippen molar-refractivity contribution in [1.82, 2.24) is 10.3 Å². The van der Waals surface area contributed by atoms with Gasteiger partial charge in [-0.2, -0.15) is 0 Å². The van der Waals surface area contributed by atoms with Gasteiger partial charge in [0.05, 0.1) is 0 Å². The molecule has 114 valence electrons. The summed E-state index contributed by atoms with van der Waals surface area (Å²) in [6.45, 7) is 5.21. The lowest BCUT2D eigenvalue weighted by Crippen LogP contribution is -2.14. The zero-order valence-electron chi connectivity index (χ0n) is 12.1. The van der Waals surface area contributed by atoms with E-state index in [4.69, 9.17) is 4.74 Å². The average Bonchev–Trinajstić information content (AvgIpc) is 2.84. The summed E-state index contributed by atoms with van der Waals surface area (Å²) in [5.41, 5.74) is 1.44. The molecule has 6 heteroatoms. The highest BCUT2D eigenvalue weighted by atomic mass is 32.1. The van der Waals surface area contributed by atoms with Gasteiger partial charge in [0, 0.05) is 17.6 Å². The zero-order chi connectivity index (χ0) is 15.2. The van der Waals surface area contributed by atoms with Crippen molar-refractivity contribution in [2.24, 2.45) is 0 Å². The fourth-order valence-corrected chi connectivity index (χ4v) is 2.55. The maximum atomic E-state index is 13.9. The highest BCUT2D eigenvalue weighted by Gasteiger charge is 2.13. The molecule has 0 saturated heterocycles. The molecule has 3 nitrogen and oxygen atoms in total. The highest BCUT2D eigenvalue weighted by molar-refractivity contribution is 7.09. The molecular weight excluding hydrogens is 294 g/mol. The topological polar surface area (TPSA) is 34.1 Å². The minimum absolute atomic E-state index is 0.0692. The fourth-order valence-electron chi connectivity index (χ4n) is 1.86. The third-order valence-corrected chi connectivity index (χ3v) is 3.76. The third-order valence-electron chi connectivity index (χ3n) is 2.82. The quantitative estimate of drug-likeness (QED) is 0.790. The molecule has 0 saturated carbocycles. The number of ether oxygens (including phenoxy) is 1. The molecular formula is C15H18F2N2OS. The van der Waals surface area contributed by atoms with Crippen LogP contribution < -0.4 is 10.1 Å². The summed E-state index contributed by atoms with van der Waals surface area (Å²) in [6.07, 6.45) is 0.972. The van der Waals surface area contributed by atoms with E-state index < -0.39 is 11.6 Å². The highest BCUT2D eigenvalue weighted by Crippen LogP contribution is 2.24. The molecule has 0 aliphatic rings. The maximum absolute atomic E-state index is 13.9. The summed E-state index contributed by atoms with van der Waals surface area (Å²) in [7, 11) is 0. The summed E-state index contributed by atoms with van der Waals surface area (Å²) >= 11 is 1.41. The number of nitrogens with one attached hydrogen (secondary N) is 1. The van der Waals surface area contributed by atoms with Crippen LogP contribution in [0.25, 0.3) is 0 Å². The lowest BCUT2D eigenvalue weighted by molar-refractivity contribution is 0.273. The molecule has 0 spiro atoms. The molecule has 0 unspecified atom stereocenters. The van der Waals surface area contributed by atoms with E-state index in [0.29, 0.717) is 17.1 Å². The van der Waals surface area contributed by atoms with Crippen LogP contribution in [0.5, 0.6) is 5.75 Å². The average molecular weight is 312 g/mol. The number of nitrogens with zero attached hydrogens (tertiary/aromatic N) is 1. The summed E-state index contributed by atoms with van der Waals surface area (Å²) in [4.78, 5) is 4.19. The summed E-state index contributed by atoms with van der Waals surface area (Å²) in [5.74, 6) is -1.71. The van der Waals surface area contributed by atoms with E-state index in [1.807, 2.05) is 19.2 Å². The van der Waals surface area contributed by atoms with Gasteiger partial charge in [-0.3, -0.25) is 0 Å². The maximum Gasteiger partial charge on any atom is 0.191 e. The Morgan fingerprint density at radius 2 is 2.00 bits per heavy atom. The number of hydrogen-bond donors (Lipinski definition) is 1. The molecule has 21 heavy (non-hydrogen) atoms.